The van der Waals surface area contributed by atoms with Crippen molar-refractivity contribution >= 4 is 22.4 Å². The number of aromatic nitrogens is 3. The van der Waals surface area contributed by atoms with E-state index in [0.29, 0.717) is 51.9 Å². The van der Waals surface area contributed by atoms with Crippen molar-refractivity contribution < 1.29 is 19.0 Å². The average molecular weight is 370 g/mol. The number of pyridine rings is 1. The van der Waals surface area contributed by atoms with Gasteiger partial charge in [0.1, 0.15) is 18.9 Å². The normalized spacial score (nSPS) is 12.5. The Morgan fingerprint density at radius 1 is 1.23 bits per heavy atom. The summed E-state index contributed by atoms with van der Waals surface area (Å²) in [5.41, 5.74) is 1.08. The minimum absolute atomic E-state index is 0.344. The van der Waals surface area contributed by atoms with E-state index in [0.717, 1.165) is 0 Å². The molecule has 9 heteroatoms. The summed E-state index contributed by atoms with van der Waals surface area (Å²) in [5, 5.41) is 11.8. The topological polar surface area (TPSA) is 95.5 Å². The standard InChI is InChI=1S/C17H14N4O4S/c1-23-12-8-10(9-13-14(12)25-7-6-24-13)15(22)19-17-21-20-16(26-17)11-4-2-3-5-18-11/h2-5,8-9H,6-7H2,1H3,(H,19,21,22). The molecule has 0 spiro atoms. The molecule has 1 aliphatic rings. The minimum Gasteiger partial charge on any atom is -0.493 e. The highest BCUT2D eigenvalue weighted by atomic mass is 32.1. The van der Waals surface area contributed by atoms with E-state index < -0.39 is 0 Å². The van der Waals surface area contributed by atoms with E-state index in [4.69, 9.17) is 14.2 Å². The lowest BCUT2D eigenvalue weighted by molar-refractivity contribution is 0.102. The number of methoxy groups -OCH3 is 1. The third-order valence-corrected chi connectivity index (χ3v) is 4.48. The van der Waals surface area contributed by atoms with Crippen molar-refractivity contribution in [3.05, 3.63) is 42.1 Å². The quantitative estimate of drug-likeness (QED) is 0.754. The van der Waals surface area contributed by atoms with E-state index in [1.54, 1.807) is 18.3 Å². The summed E-state index contributed by atoms with van der Waals surface area (Å²) in [6, 6.07) is 8.74. The molecule has 0 radical (unpaired) electrons. The van der Waals surface area contributed by atoms with Gasteiger partial charge in [0, 0.05) is 11.8 Å². The first-order chi connectivity index (χ1) is 12.7. The monoisotopic (exact) mass is 370 g/mol. The summed E-state index contributed by atoms with van der Waals surface area (Å²) in [6.45, 7) is 0.862. The highest BCUT2D eigenvalue weighted by Crippen LogP contribution is 2.40. The number of rotatable bonds is 4. The summed E-state index contributed by atoms with van der Waals surface area (Å²) in [6.07, 6.45) is 1.68. The Balaban J connectivity index is 1.56. The van der Waals surface area contributed by atoms with Crippen LogP contribution in [0.3, 0.4) is 0 Å². The van der Waals surface area contributed by atoms with Gasteiger partial charge in [-0.25, -0.2) is 0 Å². The van der Waals surface area contributed by atoms with Crippen LogP contribution < -0.4 is 19.5 Å². The first-order valence-electron chi connectivity index (χ1n) is 7.78. The fourth-order valence-corrected chi connectivity index (χ4v) is 3.16. The predicted octanol–water partition coefficient (Wildman–Crippen LogP) is 2.63. The Kier molecular flexibility index (Phi) is 4.36. The molecule has 0 atom stereocenters. The molecule has 2 aromatic heterocycles. The number of ether oxygens (including phenoxy) is 3. The number of anilines is 1. The van der Waals surface area contributed by atoms with E-state index >= 15 is 0 Å². The number of nitrogens with one attached hydrogen (secondary N) is 1. The molecule has 132 valence electrons. The van der Waals surface area contributed by atoms with E-state index in [9.17, 15) is 4.79 Å². The first kappa shape index (κ1) is 16.3. The summed E-state index contributed by atoms with van der Waals surface area (Å²) >= 11 is 1.24. The van der Waals surface area contributed by atoms with Crippen molar-refractivity contribution in [1.29, 1.82) is 0 Å². The van der Waals surface area contributed by atoms with Crippen LogP contribution in [0, 0.1) is 0 Å². The first-order valence-corrected chi connectivity index (χ1v) is 8.60. The molecule has 0 fully saturated rings. The van der Waals surface area contributed by atoms with Crippen molar-refractivity contribution in [3.63, 3.8) is 0 Å². The third-order valence-electron chi connectivity index (χ3n) is 3.62. The lowest BCUT2D eigenvalue weighted by Crippen LogP contribution is -2.18. The number of fused-ring (bicyclic) bond motifs is 1. The van der Waals surface area contributed by atoms with Crippen LogP contribution in [0.1, 0.15) is 10.4 Å². The van der Waals surface area contributed by atoms with Crippen LogP contribution in [-0.4, -0.2) is 41.4 Å². The van der Waals surface area contributed by atoms with Crippen molar-refractivity contribution in [1.82, 2.24) is 15.2 Å². The van der Waals surface area contributed by atoms with Crippen LogP contribution in [0.2, 0.25) is 0 Å². The smallest absolute Gasteiger partial charge is 0.257 e. The van der Waals surface area contributed by atoms with Crippen molar-refractivity contribution in [3.8, 4) is 28.0 Å². The number of carbonyl (C=O) groups excluding carboxylic acids is 1. The lowest BCUT2D eigenvalue weighted by Gasteiger charge is -2.21. The van der Waals surface area contributed by atoms with Gasteiger partial charge in [0.25, 0.3) is 5.91 Å². The van der Waals surface area contributed by atoms with Gasteiger partial charge >= 0.3 is 0 Å². The summed E-state index contributed by atoms with van der Waals surface area (Å²) in [7, 11) is 1.51. The summed E-state index contributed by atoms with van der Waals surface area (Å²) < 4.78 is 16.4. The van der Waals surface area contributed by atoms with Crippen molar-refractivity contribution in [2.75, 3.05) is 25.6 Å². The average Bonchev–Trinajstić information content (AvgIpc) is 3.16. The van der Waals surface area contributed by atoms with Gasteiger partial charge in [-0.1, -0.05) is 17.4 Å². The maximum atomic E-state index is 12.6. The predicted molar refractivity (Wildman–Crippen MR) is 95.1 cm³/mol. The molecule has 1 amide bonds. The molecule has 1 aromatic carbocycles. The van der Waals surface area contributed by atoms with Crippen molar-refractivity contribution in [2.24, 2.45) is 0 Å². The number of benzene rings is 1. The van der Waals surface area contributed by atoms with Gasteiger partial charge in [0.15, 0.2) is 16.5 Å². The maximum Gasteiger partial charge on any atom is 0.257 e. The van der Waals surface area contributed by atoms with Gasteiger partial charge in [0.2, 0.25) is 10.9 Å². The number of nitrogens with zero attached hydrogens (tertiary/aromatic N) is 3. The molecule has 1 N–H and O–H groups in total. The van der Waals surface area contributed by atoms with Crippen LogP contribution in [0.5, 0.6) is 17.2 Å². The molecule has 8 nitrogen and oxygen atoms in total. The minimum atomic E-state index is -0.344. The zero-order valence-electron chi connectivity index (χ0n) is 13.8. The SMILES string of the molecule is COc1cc(C(=O)Nc2nnc(-c3ccccn3)s2)cc2c1OCCO2. The fourth-order valence-electron chi connectivity index (χ4n) is 2.44. The van der Waals surface area contributed by atoms with Gasteiger partial charge in [-0.3, -0.25) is 15.1 Å². The largest absolute Gasteiger partial charge is 0.493 e. The van der Waals surface area contributed by atoms with Crippen LogP contribution >= 0.6 is 11.3 Å². The molecule has 0 bridgehead atoms. The second kappa shape index (κ2) is 6.96. The molecule has 0 saturated carbocycles. The molecule has 4 rings (SSSR count). The van der Waals surface area contributed by atoms with Crippen LogP contribution in [0.25, 0.3) is 10.7 Å². The number of hydrogen-bond acceptors (Lipinski definition) is 8. The Bertz CT molecular complexity index is 928. The Hall–Kier alpha value is -3.20. The third kappa shape index (κ3) is 3.16. The molecule has 0 saturated heterocycles. The van der Waals surface area contributed by atoms with Gasteiger partial charge in [-0.05, 0) is 24.3 Å². The Morgan fingerprint density at radius 2 is 2.12 bits per heavy atom. The Labute approximate surface area is 152 Å². The highest BCUT2D eigenvalue weighted by molar-refractivity contribution is 7.18. The van der Waals surface area contributed by atoms with Gasteiger partial charge < -0.3 is 14.2 Å². The molecule has 3 heterocycles. The van der Waals surface area contributed by atoms with E-state index in [2.05, 4.69) is 20.5 Å². The van der Waals surface area contributed by atoms with Crippen LogP contribution in [0.4, 0.5) is 5.13 Å². The zero-order valence-corrected chi connectivity index (χ0v) is 14.6. The van der Waals surface area contributed by atoms with E-state index in [1.165, 1.54) is 18.4 Å². The number of hydrogen-bond donors (Lipinski definition) is 1. The second-order valence-corrected chi connectivity index (χ2v) is 6.26. The van der Waals surface area contributed by atoms with E-state index in [-0.39, 0.29) is 5.91 Å². The van der Waals surface area contributed by atoms with Gasteiger partial charge in [0.05, 0.1) is 7.11 Å². The number of carbonyl (C=O) groups is 1. The molecule has 0 aliphatic carbocycles. The van der Waals surface area contributed by atoms with Crippen LogP contribution in [0.15, 0.2) is 36.5 Å². The molecule has 3 aromatic rings. The summed E-state index contributed by atoms with van der Waals surface area (Å²) in [5.74, 6) is 1.08. The lowest BCUT2D eigenvalue weighted by atomic mass is 10.1. The molecule has 0 unspecified atom stereocenters. The molecular formula is C17H14N4O4S. The Morgan fingerprint density at radius 3 is 2.92 bits per heavy atom. The number of amides is 1. The van der Waals surface area contributed by atoms with Gasteiger partial charge in [-0.2, -0.15) is 0 Å². The fraction of sp³-hybridized carbons (Fsp3) is 0.176. The van der Waals surface area contributed by atoms with Crippen molar-refractivity contribution in [2.45, 2.75) is 0 Å². The maximum absolute atomic E-state index is 12.6. The molecule has 26 heavy (non-hydrogen) atoms. The second-order valence-electron chi connectivity index (χ2n) is 5.28. The highest BCUT2D eigenvalue weighted by Gasteiger charge is 2.21. The zero-order chi connectivity index (χ0) is 17.9. The summed E-state index contributed by atoms with van der Waals surface area (Å²) in [4.78, 5) is 16.8. The molecule has 1 aliphatic heterocycles. The van der Waals surface area contributed by atoms with Crippen LogP contribution in [-0.2, 0) is 0 Å². The van der Waals surface area contributed by atoms with E-state index in [1.807, 2.05) is 18.2 Å². The van der Waals surface area contributed by atoms with Gasteiger partial charge in [-0.15, -0.1) is 10.2 Å². The molecular weight excluding hydrogens is 356 g/mol.